The van der Waals surface area contributed by atoms with Crippen LogP contribution < -0.4 is 11.1 Å². The molecule has 2 rings (SSSR count). The van der Waals surface area contributed by atoms with Gasteiger partial charge in [0.25, 0.3) is 5.91 Å². The molecule has 1 aliphatic heterocycles. The zero-order chi connectivity index (χ0) is 17.0. The summed E-state index contributed by atoms with van der Waals surface area (Å²) < 4.78 is 5.54. The number of rotatable bonds is 3. The number of aryl methyl sites for hydroxylation is 1. The second-order valence-corrected chi connectivity index (χ2v) is 6.15. The first-order chi connectivity index (χ1) is 10.8. The van der Waals surface area contributed by atoms with Gasteiger partial charge in [0.1, 0.15) is 0 Å². The molecule has 1 saturated heterocycles. The number of hydrogen-bond acceptors (Lipinski definition) is 4. The largest absolute Gasteiger partial charge is 0.378 e. The first kappa shape index (κ1) is 17.2. The van der Waals surface area contributed by atoms with Crippen molar-refractivity contribution in [1.82, 2.24) is 9.88 Å². The summed E-state index contributed by atoms with van der Waals surface area (Å²) in [6.45, 7) is 5.06. The van der Waals surface area contributed by atoms with E-state index < -0.39 is 5.91 Å². The first-order valence-electron chi connectivity index (χ1n) is 7.72. The van der Waals surface area contributed by atoms with Crippen LogP contribution in [0, 0.1) is 6.92 Å². The number of ether oxygens (including phenoxy) is 1. The highest BCUT2D eigenvalue weighted by atomic mass is 16.5. The number of nitrogens with one attached hydrogen (secondary N) is 1. The number of anilines is 1. The third kappa shape index (κ3) is 4.19. The summed E-state index contributed by atoms with van der Waals surface area (Å²) in [5, 5.41) is 2.78. The predicted molar refractivity (Wildman–Crippen MR) is 87.3 cm³/mol. The second kappa shape index (κ2) is 6.95. The zero-order valence-corrected chi connectivity index (χ0v) is 13.9. The molecule has 126 valence electrons. The molecule has 1 aromatic rings. The van der Waals surface area contributed by atoms with E-state index in [-0.39, 0.29) is 11.6 Å². The molecule has 2 heterocycles. The summed E-state index contributed by atoms with van der Waals surface area (Å²) in [5.41, 5.74) is 6.45. The van der Waals surface area contributed by atoms with Gasteiger partial charge in [0.15, 0.2) is 0 Å². The highest BCUT2D eigenvalue weighted by molar-refractivity contribution is 5.96. The highest BCUT2D eigenvalue weighted by Crippen LogP contribution is 2.25. The van der Waals surface area contributed by atoms with Crippen LogP contribution in [0.2, 0.25) is 0 Å². The summed E-state index contributed by atoms with van der Waals surface area (Å²) in [6.07, 6.45) is 4.12. The minimum absolute atomic E-state index is 0.181. The monoisotopic (exact) mass is 320 g/mol. The number of nitrogens with two attached hydrogens (primary N) is 1. The molecule has 3 amide bonds. The maximum Gasteiger partial charge on any atom is 0.321 e. The molecule has 0 saturated carbocycles. The lowest BCUT2D eigenvalue weighted by atomic mass is 9.97. The Balaban J connectivity index is 2.05. The van der Waals surface area contributed by atoms with E-state index in [1.54, 1.807) is 25.0 Å². The Labute approximate surface area is 136 Å². The summed E-state index contributed by atoms with van der Waals surface area (Å²) >= 11 is 0. The number of pyridine rings is 1. The van der Waals surface area contributed by atoms with Crippen LogP contribution in [-0.2, 0) is 4.74 Å². The van der Waals surface area contributed by atoms with E-state index in [0.717, 1.165) is 19.3 Å². The van der Waals surface area contributed by atoms with Crippen LogP contribution in [0.25, 0.3) is 0 Å². The molecule has 0 spiro atoms. The molecule has 0 radical (unpaired) electrons. The lowest BCUT2D eigenvalue weighted by Gasteiger charge is -2.26. The molecule has 23 heavy (non-hydrogen) atoms. The number of carbonyl (C=O) groups excluding carboxylic acids is 2. The van der Waals surface area contributed by atoms with Gasteiger partial charge in [-0.1, -0.05) is 0 Å². The maximum absolute atomic E-state index is 12.4. The van der Waals surface area contributed by atoms with Crippen LogP contribution in [-0.4, -0.2) is 47.6 Å². The minimum Gasteiger partial charge on any atom is -0.378 e. The standard InChI is InChI=1S/C16H24N4O3/c1-11-13(14(17)21)9-12(10-18-11)19-15(22)20-7-4-5-16(2,23-3)6-8-20/h9-10H,4-8H2,1-3H3,(H2,17,21)(H,19,22). The van der Waals surface area contributed by atoms with Gasteiger partial charge in [0.2, 0.25) is 0 Å². The quantitative estimate of drug-likeness (QED) is 0.889. The van der Waals surface area contributed by atoms with E-state index in [0.29, 0.717) is 30.0 Å². The van der Waals surface area contributed by atoms with Gasteiger partial charge >= 0.3 is 6.03 Å². The third-order valence-corrected chi connectivity index (χ3v) is 4.43. The van der Waals surface area contributed by atoms with Crippen molar-refractivity contribution in [2.45, 2.75) is 38.7 Å². The molecule has 7 nitrogen and oxygen atoms in total. The van der Waals surface area contributed by atoms with Gasteiger partial charge < -0.3 is 20.7 Å². The molecule has 1 aliphatic rings. The normalized spacial score (nSPS) is 21.6. The van der Waals surface area contributed by atoms with Crippen LogP contribution in [0.3, 0.4) is 0 Å². The van der Waals surface area contributed by atoms with Gasteiger partial charge in [-0.25, -0.2) is 4.79 Å². The van der Waals surface area contributed by atoms with Crippen LogP contribution in [0.15, 0.2) is 12.3 Å². The van der Waals surface area contributed by atoms with Crippen molar-refractivity contribution >= 4 is 17.6 Å². The van der Waals surface area contributed by atoms with Crippen molar-refractivity contribution in [1.29, 1.82) is 0 Å². The topological polar surface area (TPSA) is 97.6 Å². The Morgan fingerprint density at radius 1 is 1.39 bits per heavy atom. The number of aromatic nitrogens is 1. The molecule has 0 aliphatic carbocycles. The second-order valence-electron chi connectivity index (χ2n) is 6.15. The Bertz CT molecular complexity index is 605. The van der Waals surface area contributed by atoms with Crippen molar-refractivity contribution in [3.8, 4) is 0 Å². The van der Waals surface area contributed by atoms with Crippen molar-refractivity contribution < 1.29 is 14.3 Å². The molecule has 1 atom stereocenters. The average Bonchev–Trinajstić information content (AvgIpc) is 2.71. The average molecular weight is 320 g/mol. The van der Waals surface area contributed by atoms with Crippen molar-refractivity contribution in [2.24, 2.45) is 5.73 Å². The SMILES string of the molecule is COC1(C)CCCN(C(=O)Nc2cnc(C)c(C(N)=O)c2)CC1. The van der Waals surface area contributed by atoms with E-state index in [1.807, 2.05) is 0 Å². The molecule has 1 fully saturated rings. The van der Waals surface area contributed by atoms with Gasteiger partial charge in [-0.3, -0.25) is 9.78 Å². The number of primary amides is 1. The number of hydrogen-bond donors (Lipinski definition) is 2. The van der Waals surface area contributed by atoms with Gasteiger partial charge in [0.05, 0.1) is 28.7 Å². The van der Waals surface area contributed by atoms with E-state index in [4.69, 9.17) is 10.5 Å². The number of amides is 3. The van der Waals surface area contributed by atoms with E-state index in [9.17, 15) is 9.59 Å². The number of likely N-dealkylation sites (tertiary alicyclic amines) is 1. The lowest BCUT2D eigenvalue weighted by Crippen LogP contribution is -2.37. The Morgan fingerprint density at radius 2 is 2.13 bits per heavy atom. The third-order valence-electron chi connectivity index (χ3n) is 4.43. The van der Waals surface area contributed by atoms with Crippen LogP contribution in [0.5, 0.6) is 0 Å². The van der Waals surface area contributed by atoms with Gasteiger partial charge in [-0.2, -0.15) is 0 Å². The Hall–Kier alpha value is -2.15. The molecule has 0 bridgehead atoms. The smallest absolute Gasteiger partial charge is 0.321 e. The first-order valence-corrected chi connectivity index (χ1v) is 7.72. The number of nitrogens with zero attached hydrogens (tertiary/aromatic N) is 2. The predicted octanol–water partition coefficient (Wildman–Crippen LogP) is 1.91. The fraction of sp³-hybridized carbons (Fsp3) is 0.562. The van der Waals surface area contributed by atoms with E-state index in [1.165, 1.54) is 6.20 Å². The van der Waals surface area contributed by atoms with Crippen molar-refractivity contribution in [3.05, 3.63) is 23.5 Å². The van der Waals surface area contributed by atoms with Gasteiger partial charge in [-0.15, -0.1) is 0 Å². The molecule has 1 aromatic heterocycles. The fourth-order valence-corrected chi connectivity index (χ4v) is 2.71. The van der Waals surface area contributed by atoms with Crippen LogP contribution >= 0.6 is 0 Å². The van der Waals surface area contributed by atoms with E-state index in [2.05, 4.69) is 17.2 Å². The summed E-state index contributed by atoms with van der Waals surface area (Å²) in [6, 6.07) is 1.35. The maximum atomic E-state index is 12.4. The molecular formula is C16H24N4O3. The minimum atomic E-state index is -0.559. The zero-order valence-electron chi connectivity index (χ0n) is 13.9. The molecule has 0 aromatic carbocycles. The van der Waals surface area contributed by atoms with Crippen LogP contribution in [0.4, 0.5) is 10.5 Å². The van der Waals surface area contributed by atoms with Crippen LogP contribution in [0.1, 0.15) is 42.2 Å². The molecule has 1 unspecified atom stereocenters. The summed E-state index contributed by atoms with van der Waals surface area (Å²) in [5.74, 6) is -0.559. The lowest BCUT2D eigenvalue weighted by molar-refractivity contribution is -0.00492. The summed E-state index contributed by atoms with van der Waals surface area (Å²) in [4.78, 5) is 29.6. The highest BCUT2D eigenvalue weighted by Gasteiger charge is 2.29. The van der Waals surface area contributed by atoms with Gasteiger partial charge in [-0.05, 0) is 39.2 Å². The number of urea groups is 1. The number of carbonyl (C=O) groups is 2. The van der Waals surface area contributed by atoms with Crippen molar-refractivity contribution in [3.63, 3.8) is 0 Å². The summed E-state index contributed by atoms with van der Waals surface area (Å²) in [7, 11) is 1.71. The molecule has 7 heteroatoms. The van der Waals surface area contributed by atoms with Crippen molar-refractivity contribution in [2.75, 3.05) is 25.5 Å². The Kier molecular flexibility index (Phi) is 5.20. The fourth-order valence-electron chi connectivity index (χ4n) is 2.71. The van der Waals surface area contributed by atoms with E-state index >= 15 is 0 Å². The molecule has 3 N–H and O–H groups in total. The Morgan fingerprint density at radius 3 is 2.78 bits per heavy atom. The number of methoxy groups -OCH3 is 1. The molecular weight excluding hydrogens is 296 g/mol. The van der Waals surface area contributed by atoms with Gasteiger partial charge in [0, 0.05) is 20.2 Å².